The number of carbonyl (C=O) groups excluding carboxylic acids is 1. The molecule has 0 radical (unpaired) electrons. The Morgan fingerprint density at radius 2 is 1.97 bits per heavy atom. The van der Waals surface area contributed by atoms with Gasteiger partial charge in [-0.05, 0) is 79.5 Å². The second-order valence-electron chi connectivity index (χ2n) is 7.81. The van der Waals surface area contributed by atoms with Gasteiger partial charge in [0, 0.05) is 12.1 Å². The molecule has 30 heavy (non-hydrogen) atoms. The van der Waals surface area contributed by atoms with Crippen LogP contribution in [-0.4, -0.2) is 27.2 Å². The number of ether oxygens (including phenoxy) is 1. The van der Waals surface area contributed by atoms with E-state index in [1.165, 1.54) is 11.1 Å². The quantitative estimate of drug-likeness (QED) is 0.641. The molecule has 2 aromatic rings. The maximum atomic E-state index is 12.8. The number of fused-ring (bicyclic) bond motifs is 1. The molecule has 2 aromatic carbocycles. The molecule has 1 aliphatic carbocycles. The molecule has 6 nitrogen and oxygen atoms in total. The number of benzene rings is 2. The van der Waals surface area contributed by atoms with E-state index in [9.17, 15) is 13.2 Å². The van der Waals surface area contributed by atoms with Crippen molar-refractivity contribution in [2.24, 2.45) is 0 Å². The Balaban J connectivity index is 1.71. The van der Waals surface area contributed by atoms with Crippen LogP contribution in [0.1, 0.15) is 55.2 Å². The Morgan fingerprint density at radius 1 is 1.20 bits per heavy atom. The first kappa shape index (κ1) is 22.2. The smallest absolute Gasteiger partial charge is 0.232 e. The summed E-state index contributed by atoms with van der Waals surface area (Å²) in [6, 6.07) is 11.3. The summed E-state index contributed by atoms with van der Waals surface area (Å²) in [7, 11) is -1.73. The molecule has 1 unspecified atom stereocenters. The number of hydrogen-bond donors (Lipinski definition) is 2. The molecule has 0 heterocycles. The van der Waals surface area contributed by atoms with E-state index in [1.54, 1.807) is 25.3 Å². The fourth-order valence-corrected chi connectivity index (χ4v) is 5.22. The van der Waals surface area contributed by atoms with Crippen LogP contribution < -0.4 is 14.8 Å². The fraction of sp³-hybridized carbons (Fsp3) is 0.435. The van der Waals surface area contributed by atoms with Crippen molar-refractivity contribution < 1.29 is 17.9 Å². The Bertz CT molecular complexity index is 1020. The van der Waals surface area contributed by atoms with Gasteiger partial charge < -0.3 is 10.1 Å². The molecule has 7 heteroatoms. The number of hydrogen-bond acceptors (Lipinski definition) is 4. The van der Waals surface area contributed by atoms with Crippen molar-refractivity contribution in [3.05, 3.63) is 53.1 Å². The minimum atomic E-state index is -3.39. The van der Waals surface area contributed by atoms with Gasteiger partial charge in [-0.15, -0.1) is 0 Å². The van der Waals surface area contributed by atoms with E-state index in [0.29, 0.717) is 29.8 Å². The topological polar surface area (TPSA) is 84.5 Å². The normalized spacial score (nSPS) is 15.9. The molecule has 2 N–H and O–H groups in total. The zero-order valence-corrected chi connectivity index (χ0v) is 18.6. The average molecular weight is 431 g/mol. The lowest BCUT2D eigenvalue weighted by atomic mass is 9.81. The number of rotatable bonds is 8. The summed E-state index contributed by atoms with van der Waals surface area (Å²) in [5, 5.41) is 2.97. The van der Waals surface area contributed by atoms with Gasteiger partial charge in [0.2, 0.25) is 15.9 Å². The summed E-state index contributed by atoms with van der Waals surface area (Å²) in [5.41, 5.74) is 4.30. The molecular weight excluding hydrogens is 400 g/mol. The summed E-state index contributed by atoms with van der Waals surface area (Å²) in [6.45, 7) is 3.63. The van der Waals surface area contributed by atoms with Gasteiger partial charge in [0.15, 0.2) is 0 Å². The van der Waals surface area contributed by atoms with Gasteiger partial charge >= 0.3 is 0 Å². The van der Waals surface area contributed by atoms with E-state index in [0.717, 1.165) is 25.0 Å². The molecule has 0 bridgehead atoms. The standard InChI is InChI=1S/C23H30N2O4S/c1-4-13-30(27,28)25-22-10-6-9-21(16(22)2)24-23(26)15-18-8-5-7-17-14-19(29-3)11-12-20(17)18/h6,9-12,14,18,25H,4-5,7-8,13,15H2,1-3H3,(H,24,26). The summed E-state index contributed by atoms with van der Waals surface area (Å²) in [5.74, 6) is 1.01. The lowest BCUT2D eigenvalue weighted by Crippen LogP contribution is -2.20. The van der Waals surface area contributed by atoms with Gasteiger partial charge in [0.1, 0.15) is 5.75 Å². The van der Waals surface area contributed by atoms with Gasteiger partial charge in [-0.25, -0.2) is 8.42 Å². The first-order valence-corrected chi connectivity index (χ1v) is 12.0. The first-order valence-electron chi connectivity index (χ1n) is 10.4. The number of amides is 1. The molecule has 3 rings (SSSR count). The predicted octanol–water partition coefficient (Wildman–Crippen LogP) is 4.60. The molecule has 0 spiro atoms. The zero-order chi connectivity index (χ0) is 21.7. The molecule has 0 aromatic heterocycles. The summed E-state index contributed by atoms with van der Waals surface area (Å²) < 4.78 is 32.1. The number of sulfonamides is 1. The number of methoxy groups -OCH3 is 1. The van der Waals surface area contributed by atoms with E-state index in [-0.39, 0.29) is 17.6 Å². The Morgan fingerprint density at radius 3 is 2.70 bits per heavy atom. The van der Waals surface area contributed by atoms with Crippen molar-refractivity contribution in [1.82, 2.24) is 0 Å². The molecule has 0 aliphatic heterocycles. The number of anilines is 2. The van der Waals surface area contributed by atoms with Crippen LogP contribution in [0.2, 0.25) is 0 Å². The second-order valence-corrected chi connectivity index (χ2v) is 9.65. The Labute approximate surface area is 179 Å². The fourth-order valence-electron chi connectivity index (χ4n) is 4.02. The van der Waals surface area contributed by atoms with Crippen LogP contribution in [0.25, 0.3) is 0 Å². The lowest BCUT2D eigenvalue weighted by molar-refractivity contribution is -0.116. The SMILES string of the molecule is CCCS(=O)(=O)Nc1cccc(NC(=O)CC2CCCc3cc(OC)ccc32)c1C. The highest BCUT2D eigenvalue weighted by molar-refractivity contribution is 7.92. The molecule has 0 saturated carbocycles. The van der Waals surface area contributed by atoms with Gasteiger partial charge in [0.25, 0.3) is 0 Å². The van der Waals surface area contributed by atoms with Crippen molar-refractivity contribution in [1.29, 1.82) is 0 Å². The third-order valence-electron chi connectivity index (χ3n) is 5.57. The van der Waals surface area contributed by atoms with Crippen LogP contribution in [0.4, 0.5) is 11.4 Å². The average Bonchev–Trinajstić information content (AvgIpc) is 2.70. The minimum Gasteiger partial charge on any atom is -0.497 e. The highest BCUT2D eigenvalue weighted by Gasteiger charge is 2.23. The van der Waals surface area contributed by atoms with Gasteiger partial charge in [-0.2, -0.15) is 0 Å². The number of carbonyl (C=O) groups is 1. The molecule has 0 saturated heterocycles. The van der Waals surface area contributed by atoms with Gasteiger partial charge in [-0.1, -0.05) is 19.1 Å². The van der Waals surface area contributed by atoms with E-state index in [1.807, 2.05) is 19.9 Å². The van der Waals surface area contributed by atoms with E-state index < -0.39 is 10.0 Å². The summed E-state index contributed by atoms with van der Waals surface area (Å²) in [4.78, 5) is 12.8. The molecule has 162 valence electrons. The molecule has 1 atom stereocenters. The number of nitrogens with one attached hydrogen (secondary N) is 2. The maximum Gasteiger partial charge on any atom is 0.232 e. The van der Waals surface area contributed by atoms with Crippen molar-refractivity contribution in [2.75, 3.05) is 22.9 Å². The Kier molecular flexibility index (Phi) is 7.02. The molecule has 0 fully saturated rings. The van der Waals surface area contributed by atoms with Crippen LogP contribution in [0.5, 0.6) is 5.75 Å². The molecule has 1 aliphatic rings. The largest absolute Gasteiger partial charge is 0.497 e. The zero-order valence-electron chi connectivity index (χ0n) is 17.8. The second kappa shape index (κ2) is 9.51. The summed E-state index contributed by atoms with van der Waals surface area (Å²) >= 11 is 0. The highest BCUT2D eigenvalue weighted by atomic mass is 32.2. The van der Waals surface area contributed by atoms with E-state index >= 15 is 0 Å². The van der Waals surface area contributed by atoms with Crippen molar-refractivity contribution >= 4 is 27.3 Å². The number of aryl methyl sites for hydroxylation is 1. The van der Waals surface area contributed by atoms with Crippen LogP contribution in [0, 0.1) is 6.92 Å². The molecule has 1 amide bonds. The third-order valence-corrected chi connectivity index (χ3v) is 7.04. The monoisotopic (exact) mass is 430 g/mol. The Hall–Kier alpha value is -2.54. The first-order chi connectivity index (χ1) is 14.3. The van der Waals surface area contributed by atoms with Crippen LogP contribution in [0.15, 0.2) is 36.4 Å². The van der Waals surface area contributed by atoms with E-state index in [2.05, 4.69) is 22.2 Å². The summed E-state index contributed by atoms with van der Waals surface area (Å²) in [6.07, 6.45) is 3.96. The van der Waals surface area contributed by atoms with Crippen molar-refractivity contribution in [2.45, 2.75) is 51.9 Å². The van der Waals surface area contributed by atoms with Gasteiger partial charge in [0.05, 0.1) is 18.6 Å². The minimum absolute atomic E-state index is 0.0644. The van der Waals surface area contributed by atoms with Crippen LogP contribution in [0.3, 0.4) is 0 Å². The maximum absolute atomic E-state index is 12.8. The van der Waals surface area contributed by atoms with Gasteiger partial charge in [-0.3, -0.25) is 9.52 Å². The molecular formula is C23H30N2O4S. The van der Waals surface area contributed by atoms with Crippen LogP contribution in [-0.2, 0) is 21.2 Å². The lowest BCUT2D eigenvalue weighted by Gasteiger charge is -2.25. The van der Waals surface area contributed by atoms with E-state index in [4.69, 9.17) is 4.74 Å². The highest BCUT2D eigenvalue weighted by Crippen LogP contribution is 2.36. The van der Waals surface area contributed by atoms with Crippen molar-refractivity contribution in [3.63, 3.8) is 0 Å². The van der Waals surface area contributed by atoms with Crippen LogP contribution >= 0.6 is 0 Å². The van der Waals surface area contributed by atoms with Crippen molar-refractivity contribution in [3.8, 4) is 5.75 Å². The third kappa shape index (κ3) is 5.33. The predicted molar refractivity (Wildman–Crippen MR) is 121 cm³/mol.